The van der Waals surface area contributed by atoms with E-state index in [9.17, 15) is 15.2 Å². The largest absolute Gasteiger partial charge is 0.508 e. The molecule has 0 spiro atoms. The van der Waals surface area contributed by atoms with Crippen molar-refractivity contribution in [1.29, 1.82) is 0 Å². The van der Waals surface area contributed by atoms with E-state index in [0.717, 1.165) is 5.56 Å². The number of phenolic OH excluding ortho intramolecular Hbond substituents is 1. The molecule has 0 radical (unpaired) electrons. The zero-order chi connectivity index (χ0) is 14.5. The second-order valence-electron chi connectivity index (χ2n) is 4.26. The van der Waals surface area contributed by atoms with Crippen LogP contribution in [0, 0.1) is 10.1 Å². The molecule has 0 aliphatic rings. The number of halogens is 1. The maximum Gasteiger partial charge on any atom is 0.275 e. The first kappa shape index (κ1) is 14.5. The summed E-state index contributed by atoms with van der Waals surface area (Å²) in [7, 11) is 0. The molecule has 6 heteroatoms. The zero-order valence-electron chi connectivity index (χ0n) is 10.5. The molecule has 0 fully saturated rings. The lowest BCUT2D eigenvalue weighted by Crippen LogP contribution is -2.13. The van der Waals surface area contributed by atoms with Crippen LogP contribution in [0.5, 0.6) is 5.75 Å². The Balaban J connectivity index is 2.05. The monoisotopic (exact) mass is 336 g/mol. The minimum absolute atomic E-state index is 0.0733. The van der Waals surface area contributed by atoms with Gasteiger partial charge in [0.1, 0.15) is 5.75 Å². The summed E-state index contributed by atoms with van der Waals surface area (Å²) < 4.78 is 0.675. The van der Waals surface area contributed by atoms with Crippen molar-refractivity contribution in [2.45, 2.75) is 13.1 Å². The molecule has 2 rings (SSSR count). The Morgan fingerprint density at radius 1 is 1.15 bits per heavy atom. The Hall–Kier alpha value is -1.92. The first-order valence-corrected chi connectivity index (χ1v) is 6.77. The summed E-state index contributed by atoms with van der Waals surface area (Å²) >= 11 is 3.22. The fourth-order valence-electron chi connectivity index (χ4n) is 1.85. The fraction of sp³-hybridized carbons (Fsp3) is 0.143. The van der Waals surface area contributed by atoms with Crippen molar-refractivity contribution >= 4 is 21.6 Å². The third-order valence-electron chi connectivity index (χ3n) is 2.87. The Morgan fingerprint density at radius 2 is 1.85 bits per heavy atom. The quantitative estimate of drug-likeness (QED) is 0.648. The molecule has 20 heavy (non-hydrogen) atoms. The zero-order valence-corrected chi connectivity index (χ0v) is 12.1. The molecule has 0 atom stereocenters. The van der Waals surface area contributed by atoms with Gasteiger partial charge in [0.05, 0.1) is 4.92 Å². The molecule has 2 aromatic rings. The van der Waals surface area contributed by atoms with Crippen molar-refractivity contribution in [2.75, 3.05) is 0 Å². The van der Waals surface area contributed by atoms with Crippen molar-refractivity contribution in [3.05, 3.63) is 68.2 Å². The predicted molar refractivity (Wildman–Crippen MR) is 79.4 cm³/mol. The highest BCUT2D eigenvalue weighted by molar-refractivity contribution is 9.10. The van der Waals surface area contributed by atoms with E-state index in [1.54, 1.807) is 30.3 Å². The molecular formula is C14H13BrN2O3. The molecule has 0 heterocycles. The summed E-state index contributed by atoms with van der Waals surface area (Å²) in [5, 5.41) is 23.7. The average Bonchev–Trinajstić information content (AvgIpc) is 2.42. The van der Waals surface area contributed by atoms with Crippen molar-refractivity contribution in [1.82, 2.24) is 5.32 Å². The molecule has 104 valence electrons. The summed E-state index contributed by atoms with van der Waals surface area (Å²) in [5.74, 6) is 0.213. The Labute approximate surface area is 124 Å². The van der Waals surface area contributed by atoms with Crippen LogP contribution in [0.1, 0.15) is 11.1 Å². The number of para-hydroxylation sites is 1. The van der Waals surface area contributed by atoms with Gasteiger partial charge in [-0.1, -0.05) is 34.1 Å². The Kier molecular flexibility index (Phi) is 4.70. The van der Waals surface area contributed by atoms with Crippen molar-refractivity contribution in [3.63, 3.8) is 0 Å². The maximum atomic E-state index is 11.0. The minimum atomic E-state index is -0.401. The lowest BCUT2D eigenvalue weighted by Gasteiger charge is -2.07. The molecule has 0 amide bonds. The van der Waals surface area contributed by atoms with Crippen molar-refractivity contribution in [2.24, 2.45) is 0 Å². The predicted octanol–water partition coefficient (Wildman–Crippen LogP) is 3.35. The van der Waals surface area contributed by atoms with E-state index in [4.69, 9.17) is 0 Å². The number of phenols is 1. The van der Waals surface area contributed by atoms with Crippen LogP contribution in [-0.4, -0.2) is 10.0 Å². The number of nitro groups is 1. The highest BCUT2D eigenvalue weighted by atomic mass is 79.9. The standard InChI is InChI=1S/C14H13BrN2O3/c15-12-6-5-10(13(7-12)17(19)20)8-16-9-11-3-1-2-4-14(11)18/h1-7,16,18H,8-9H2. The molecule has 2 aromatic carbocycles. The van der Waals surface area contributed by atoms with Gasteiger partial charge in [0, 0.05) is 34.8 Å². The number of hydrogen-bond acceptors (Lipinski definition) is 4. The van der Waals surface area contributed by atoms with Gasteiger partial charge in [-0.05, 0) is 18.2 Å². The number of benzene rings is 2. The van der Waals surface area contributed by atoms with Gasteiger partial charge in [0.25, 0.3) is 5.69 Å². The number of hydrogen-bond donors (Lipinski definition) is 2. The summed E-state index contributed by atoms with van der Waals surface area (Å²) in [4.78, 5) is 10.6. The molecule has 0 aromatic heterocycles. The van der Waals surface area contributed by atoms with Gasteiger partial charge in [-0.25, -0.2) is 0 Å². The third kappa shape index (κ3) is 3.55. The van der Waals surface area contributed by atoms with E-state index in [2.05, 4.69) is 21.2 Å². The van der Waals surface area contributed by atoms with E-state index in [-0.39, 0.29) is 11.4 Å². The molecule has 0 aliphatic heterocycles. The molecule has 0 bridgehead atoms. The molecule has 5 nitrogen and oxygen atoms in total. The summed E-state index contributed by atoms with van der Waals surface area (Å²) in [6.45, 7) is 0.803. The summed E-state index contributed by atoms with van der Waals surface area (Å²) in [6.07, 6.45) is 0. The number of nitro benzene ring substituents is 1. The van der Waals surface area contributed by atoms with Crippen LogP contribution < -0.4 is 5.32 Å². The number of aromatic hydroxyl groups is 1. The first-order valence-electron chi connectivity index (χ1n) is 5.98. The number of rotatable bonds is 5. The summed E-state index contributed by atoms with van der Waals surface area (Å²) in [6, 6.07) is 12.0. The average molecular weight is 337 g/mol. The second-order valence-corrected chi connectivity index (χ2v) is 5.18. The Bertz CT molecular complexity index is 632. The van der Waals surface area contributed by atoms with Crippen LogP contribution in [0.4, 0.5) is 5.69 Å². The lowest BCUT2D eigenvalue weighted by atomic mass is 10.1. The van der Waals surface area contributed by atoms with Crippen LogP contribution in [0.15, 0.2) is 46.9 Å². The number of nitrogens with one attached hydrogen (secondary N) is 1. The Morgan fingerprint density at radius 3 is 2.55 bits per heavy atom. The smallest absolute Gasteiger partial charge is 0.275 e. The van der Waals surface area contributed by atoms with Gasteiger partial charge < -0.3 is 10.4 Å². The van der Waals surface area contributed by atoms with E-state index in [1.165, 1.54) is 6.07 Å². The van der Waals surface area contributed by atoms with Crippen LogP contribution in [-0.2, 0) is 13.1 Å². The minimum Gasteiger partial charge on any atom is -0.508 e. The van der Waals surface area contributed by atoms with Gasteiger partial charge in [-0.3, -0.25) is 10.1 Å². The molecule has 0 saturated carbocycles. The molecular weight excluding hydrogens is 324 g/mol. The third-order valence-corrected chi connectivity index (χ3v) is 3.36. The van der Waals surface area contributed by atoms with E-state index < -0.39 is 4.92 Å². The van der Waals surface area contributed by atoms with E-state index in [1.807, 2.05) is 6.07 Å². The van der Waals surface area contributed by atoms with E-state index in [0.29, 0.717) is 23.1 Å². The second kappa shape index (κ2) is 6.49. The molecule has 0 saturated heterocycles. The maximum absolute atomic E-state index is 11.0. The first-order chi connectivity index (χ1) is 9.58. The molecule has 0 aliphatic carbocycles. The topological polar surface area (TPSA) is 75.4 Å². The van der Waals surface area contributed by atoms with Crippen LogP contribution in [0.2, 0.25) is 0 Å². The fourth-order valence-corrected chi connectivity index (χ4v) is 2.20. The van der Waals surface area contributed by atoms with Crippen LogP contribution in [0.25, 0.3) is 0 Å². The van der Waals surface area contributed by atoms with E-state index >= 15 is 0 Å². The van der Waals surface area contributed by atoms with Crippen molar-refractivity contribution in [3.8, 4) is 5.75 Å². The highest BCUT2D eigenvalue weighted by Crippen LogP contribution is 2.23. The van der Waals surface area contributed by atoms with Gasteiger partial charge in [-0.2, -0.15) is 0 Å². The van der Waals surface area contributed by atoms with Crippen molar-refractivity contribution < 1.29 is 10.0 Å². The lowest BCUT2D eigenvalue weighted by molar-refractivity contribution is -0.385. The highest BCUT2D eigenvalue weighted by Gasteiger charge is 2.13. The molecule has 2 N–H and O–H groups in total. The molecule has 0 unspecified atom stereocenters. The van der Waals surface area contributed by atoms with Gasteiger partial charge >= 0.3 is 0 Å². The normalized spacial score (nSPS) is 10.4. The van der Waals surface area contributed by atoms with Crippen LogP contribution >= 0.6 is 15.9 Å². The SMILES string of the molecule is O=[N+]([O-])c1cc(Br)ccc1CNCc1ccccc1O. The number of nitrogens with zero attached hydrogens (tertiary/aromatic N) is 1. The van der Waals surface area contributed by atoms with Gasteiger partial charge in [0.15, 0.2) is 0 Å². The summed E-state index contributed by atoms with van der Waals surface area (Å²) in [5.41, 5.74) is 1.44. The van der Waals surface area contributed by atoms with Crippen LogP contribution in [0.3, 0.4) is 0 Å². The van der Waals surface area contributed by atoms with Gasteiger partial charge in [0.2, 0.25) is 0 Å². The van der Waals surface area contributed by atoms with Gasteiger partial charge in [-0.15, -0.1) is 0 Å².